The predicted molar refractivity (Wildman–Crippen MR) is 103 cm³/mol. The Morgan fingerprint density at radius 3 is 2.64 bits per heavy atom. The molecule has 4 rings (SSSR count). The number of rotatable bonds is 3. The monoisotopic (exact) mass is 402 g/mol. The van der Waals surface area contributed by atoms with Gasteiger partial charge in [-0.2, -0.15) is 0 Å². The van der Waals surface area contributed by atoms with Crippen molar-refractivity contribution in [2.45, 2.75) is 38.4 Å². The van der Waals surface area contributed by atoms with Crippen molar-refractivity contribution in [2.24, 2.45) is 0 Å². The summed E-state index contributed by atoms with van der Waals surface area (Å²) in [6, 6.07) is 14.4. The molecule has 0 aromatic heterocycles. The molecule has 2 aliphatic heterocycles. The van der Waals surface area contributed by atoms with E-state index in [1.807, 2.05) is 6.07 Å². The van der Waals surface area contributed by atoms with Crippen LogP contribution >= 0.6 is 15.9 Å². The zero-order chi connectivity index (χ0) is 17.2. The van der Waals surface area contributed by atoms with E-state index >= 15 is 0 Å². The molecule has 4 heteroatoms. The van der Waals surface area contributed by atoms with Gasteiger partial charge in [0.25, 0.3) is 0 Å². The van der Waals surface area contributed by atoms with Gasteiger partial charge in [0.05, 0.1) is 0 Å². The molecular formula is C21H24BrFN2. The average molecular weight is 403 g/mol. The lowest BCUT2D eigenvalue weighted by Gasteiger charge is -2.40. The van der Waals surface area contributed by atoms with Crippen LogP contribution in [-0.4, -0.2) is 35.5 Å². The number of benzene rings is 2. The molecule has 0 radical (unpaired) electrons. The van der Waals surface area contributed by atoms with E-state index < -0.39 is 0 Å². The molecule has 0 bridgehead atoms. The fourth-order valence-electron chi connectivity index (χ4n) is 4.19. The van der Waals surface area contributed by atoms with Gasteiger partial charge in [-0.3, -0.25) is 9.80 Å². The van der Waals surface area contributed by atoms with Crippen LogP contribution in [0.25, 0.3) is 0 Å². The number of halogens is 2. The van der Waals surface area contributed by atoms with E-state index in [9.17, 15) is 4.39 Å². The van der Waals surface area contributed by atoms with Crippen LogP contribution in [0.2, 0.25) is 0 Å². The number of fused-ring (bicyclic) bond motifs is 1. The first-order valence-electron chi connectivity index (χ1n) is 9.15. The van der Waals surface area contributed by atoms with Gasteiger partial charge in [-0.05, 0) is 73.3 Å². The Balaban J connectivity index is 1.32. The minimum absolute atomic E-state index is 0.133. The largest absolute Gasteiger partial charge is 0.299 e. The van der Waals surface area contributed by atoms with Crippen LogP contribution in [0, 0.1) is 5.82 Å². The average Bonchev–Trinajstić information content (AvgIpc) is 2.62. The van der Waals surface area contributed by atoms with Gasteiger partial charge in [-0.15, -0.1) is 0 Å². The quantitative estimate of drug-likeness (QED) is 0.739. The van der Waals surface area contributed by atoms with E-state index in [1.165, 1.54) is 34.5 Å². The summed E-state index contributed by atoms with van der Waals surface area (Å²) in [7, 11) is 0. The highest BCUT2D eigenvalue weighted by atomic mass is 79.9. The summed E-state index contributed by atoms with van der Waals surface area (Å²) in [4.78, 5) is 5.12. The second-order valence-electron chi connectivity index (χ2n) is 7.27. The predicted octanol–water partition coefficient (Wildman–Crippen LogP) is 4.61. The Bertz CT molecular complexity index is 740. The van der Waals surface area contributed by atoms with Gasteiger partial charge in [0, 0.05) is 30.1 Å². The Morgan fingerprint density at radius 2 is 1.84 bits per heavy atom. The Hall–Kier alpha value is -1.23. The van der Waals surface area contributed by atoms with Gasteiger partial charge >= 0.3 is 0 Å². The summed E-state index contributed by atoms with van der Waals surface area (Å²) in [6.45, 7) is 5.31. The number of piperidine rings is 1. The third-order valence-corrected chi connectivity index (χ3v) is 6.07. The van der Waals surface area contributed by atoms with Crippen LogP contribution in [0.1, 0.15) is 29.5 Å². The first-order valence-corrected chi connectivity index (χ1v) is 9.95. The van der Waals surface area contributed by atoms with Crippen LogP contribution in [0.3, 0.4) is 0 Å². The van der Waals surface area contributed by atoms with E-state index in [4.69, 9.17) is 0 Å². The third-order valence-electron chi connectivity index (χ3n) is 5.58. The number of likely N-dealkylation sites (tertiary alicyclic amines) is 1. The Labute approximate surface area is 157 Å². The number of hydrogen-bond acceptors (Lipinski definition) is 2. The summed E-state index contributed by atoms with van der Waals surface area (Å²) < 4.78 is 14.5. The SMILES string of the molecule is Fc1cccc(CN2CCC(N3CCc4cc(Br)ccc4C3)CC2)c1. The van der Waals surface area contributed by atoms with Gasteiger partial charge in [0.15, 0.2) is 0 Å². The Morgan fingerprint density at radius 1 is 1.00 bits per heavy atom. The molecule has 0 unspecified atom stereocenters. The first-order chi connectivity index (χ1) is 12.2. The van der Waals surface area contributed by atoms with Crippen molar-refractivity contribution < 1.29 is 4.39 Å². The molecule has 0 aliphatic carbocycles. The molecule has 0 saturated carbocycles. The number of hydrogen-bond donors (Lipinski definition) is 0. The lowest BCUT2D eigenvalue weighted by atomic mass is 9.95. The van der Waals surface area contributed by atoms with Crippen LogP contribution in [0.5, 0.6) is 0 Å². The molecule has 1 saturated heterocycles. The summed E-state index contributed by atoms with van der Waals surface area (Å²) in [6.07, 6.45) is 3.57. The summed E-state index contributed by atoms with van der Waals surface area (Å²) in [5, 5.41) is 0. The smallest absolute Gasteiger partial charge is 0.123 e. The first kappa shape index (κ1) is 17.2. The molecule has 132 valence electrons. The summed E-state index contributed by atoms with van der Waals surface area (Å²) in [5.74, 6) is -0.133. The maximum Gasteiger partial charge on any atom is 0.123 e. The van der Waals surface area contributed by atoms with E-state index in [1.54, 1.807) is 12.1 Å². The minimum atomic E-state index is -0.133. The highest BCUT2D eigenvalue weighted by Gasteiger charge is 2.27. The third kappa shape index (κ3) is 4.13. The fraction of sp³-hybridized carbons (Fsp3) is 0.429. The lowest BCUT2D eigenvalue weighted by Crippen LogP contribution is -2.46. The maximum absolute atomic E-state index is 13.3. The van der Waals surface area contributed by atoms with E-state index in [-0.39, 0.29) is 5.82 Å². The van der Waals surface area contributed by atoms with Crippen molar-refractivity contribution in [2.75, 3.05) is 19.6 Å². The number of nitrogens with zero attached hydrogens (tertiary/aromatic N) is 2. The molecule has 0 spiro atoms. The lowest BCUT2D eigenvalue weighted by molar-refractivity contribution is 0.0948. The second kappa shape index (κ2) is 7.56. The van der Waals surface area contributed by atoms with Crippen LogP contribution < -0.4 is 0 Å². The van der Waals surface area contributed by atoms with Crippen molar-refractivity contribution in [3.8, 4) is 0 Å². The van der Waals surface area contributed by atoms with E-state index in [2.05, 4.69) is 43.9 Å². The molecule has 0 N–H and O–H groups in total. The van der Waals surface area contributed by atoms with Gasteiger partial charge in [-0.25, -0.2) is 4.39 Å². The summed E-state index contributed by atoms with van der Waals surface area (Å²) in [5.41, 5.74) is 4.06. The molecule has 2 aromatic rings. The highest BCUT2D eigenvalue weighted by molar-refractivity contribution is 9.10. The molecule has 25 heavy (non-hydrogen) atoms. The molecule has 2 nitrogen and oxygen atoms in total. The normalized spacial score (nSPS) is 19.8. The molecular weight excluding hydrogens is 379 g/mol. The van der Waals surface area contributed by atoms with Gasteiger partial charge in [0.2, 0.25) is 0 Å². The van der Waals surface area contributed by atoms with Crippen LogP contribution in [-0.2, 0) is 19.5 Å². The van der Waals surface area contributed by atoms with Crippen molar-refractivity contribution in [1.82, 2.24) is 9.80 Å². The summed E-state index contributed by atoms with van der Waals surface area (Å²) >= 11 is 3.58. The van der Waals surface area contributed by atoms with E-state index in [0.717, 1.165) is 44.7 Å². The van der Waals surface area contributed by atoms with Gasteiger partial charge < -0.3 is 0 Å². The van der Waals surface area contributed by atoms with Crippen molar-refractivity contribution in [3.05, 3.63) is 69.4 Å². The molecule has 0 amide bonds. The zero-order valence-corrected chi connectivity index (χ0v) is 16.0. The van der Waals surface area contributed by atoms with Gasteiger partial charge in [0.1, 0.15) is 5.82 Å². The molecule has 1 fully saturated rings. The van der Waals surface area contributed by atoms with Crippen LogP contribution in [0.4, 0.5) is 4.39 Å². The fourth-order valence-corrected chi connectivity index (χ4v) is 4.60. The van der Waals surface area contributed by atoms with Crippen molar-refractivity contribution in [1.29, 1.82) is 0 Å². The molecule has 0 atom stereocenters. The maximum atomic E-state index is 13.3. The topological polar surface area (TPSA) is 6.48 Å². The standard InChI is InChI=1S/C21H24BrFN2/c22-19-5-4-18-15-25(11-6-17(18)13-19)21-7-9-24(10-8-21)14-16-2-1-3-20(23)12-16/h1-5,12-13,21H,6-11,14-15H2. The minimum Gasteiger partial charge on any atom is -0.299 e. The Kier molecular flexibility index (Phi) is 5.20. The molecule has 2 aromatic carbocycles. The second-order valence-corrected chi connectivity index (χ2v) is 8.19. The zero-order valence-electron chi connectivity index (χ0n) is 14.4. The van der Waals surface area contributed by atoms with Crippen LogP contribution in [0.15, 0.2) is 46.9 Å². The molecule has 2 aliphatic rings. The molecule has 2 heterocycles. The highest BCUT2D eigenvalue weighted by Crippen LogP contribution is 2.27. The van der Waals surface area contributed by atoms with Gasteiger partial charge in [-0.1, -0.05) is 34.1 Å². The van der Waals surface area contributed by atoms with Crippen molar-refractivity contribution in [3.63, 3.8) is 0 Å². The van der Waals surface area contributed by atoms with E-state index in [0.29, 0.717) is 6.04 Å². The van der Waals surface area contributed by atoms with Crippen molar-refractivity contribution >= 4 is 15.9 Å².